The Bertz CT molecular complexity index is 466. The molecule has 0 saturated carbocycles. The molecule has 0 atom stereocenters. The first-order chi connectivity index (χ1) is 9.02. The molecule has 0 radical (unpaired) electrons. The smallest absolute Gasteiger partial charge is 0.308 e. The van der Waals surface area contributed by atoms with Crippen molar-refractivity contribution in [1.29, 1.82) is 0 Å². The molecule has 0 fully saturated rings. The minimum Gasteiger partial charge on any atom is -0.469 e. The average Bonchev–Trinajstić information content (AvgIpc) is 2.38. The molecule has 0 aliphatic carbocycles. The van der Waals surface area contributed by atoms with Crippen molar-refractivity contribution in [3.05, 3.63) is 29.8 Å². The largest absolute Gasteiger partial charge is 0.469 e. The lowest BCUT2D eigenvalue weighted by molar-refractivity contribution is -0.140. The summed E-state index contributed by atoms with van der Waals surface area (Å²) in [6.07, 6.45) is 0.119. The van der Waals surface area contributed by atoms with E-state index in [9.17, 15) is 14.4 Å². The summed E-state index contributed by atoms with van der Waals surface area (Å²) in [6.45, 7) is 1.50. The van der Waals surface area contributed by atoms with Crippen LogP contribution in [0, 0.1) is 0 Å². The normalized spacial score (nSPS) is 9.58. The van der Waals surface area contributed by atoms with Gasteiger partial charge in [-0.05, 0) is 24.3 Å². The van der Waals surface area contributed by atoms with Gasteiger partial charge in [-0.25, -0.2) is 0 Å². The first-order valence-electron chi connectivity index (χ1n) is 5.66. The Morgan fingerprint density at radius 2 is 1.79 bits per heavy atom. The summed E-state index contributed by atoms with van der Waals surface area (Å²) in [7, 11) is 1.29. The number of nitrogens with one attached hydrogen (secondary N) is 1. The highest BCUT2D eigenvalue weighted by molar-refractivity contribution is 5.94. The van der Waals surface area contributed by atoms with Crippen LogP contribution in [0.25, 0.3) is 0 Å². The lowest BCUT2D eigenvalue weighted by atomic mass is 10.2. The molecule has 1 amide bonds. The molecule has 0 bridgehead atoms. The van der Waals surface area contributed by atoms with Crippen molar-refractivity contribution < 1.29 is 23.9 Å². The highest BCUT2D eigenvalue weighted by atomic mass is 16.5. The van der Waals surface area contributed by atoms with Gasteiger partial charge in [0.15, 0.2) is 0 Å². The summed E-state index contributed by atoms with van der Waals surface area (Å²) in [5.41, 5.74) is 0.417. The summed E-state index contributed by atoms with van der Waals surface area (Å²) < 4.78 is 9.30. The van der Waals surface area contributed by atoms with Gasteiger partial charge in [-0.2, -0.15) is 0 Å². The predicted octanol–water partition coefficient (Wildman–Crippen LogP) is 0.905. The summed E-state index contributed by atoms with van der Waals surface area (Å²) >= 11 is 0. The summed E-state index contributed by atoms with van der Waals surface area (Å²) in [4.78, 5) is 33.3. The second-order valence-electron chi connectivity index (χ2n) is 3.70. The van der Waals surface area contributed by atoms with Crippen molar-refractivity contribution in [3.63, 3.8) is 0 Å². The maximum atomic E-state index is 11.7. The fourth-order valence-corrected chi connectivity index (χ4v) is 1.32. The van der Waals surface area contributed by atoms with E-state index in [1.165, 1.54) is 38.3 Å². The number of hydrogen-bond donors (Lipinski definition) is 1. The topological polar surface area (TPSA) is 81.7 Å². The van der Waals surface area contributed by atoms with E-state index in [0.717, 1.165) is 0 Å². The van der Waals surface area contributed by atoms with Gasteiger partial charge in [-0.3, -0.25) is 14.4 Å². The Hall–Kier alpha value is -2.37. The Morgan fingerprint density at radius 1 is 1.16 bits per heavy atom. The molecule has 1 aromatic carbocycles. The number of hydrogen-bond acceptors (Lipinski definition) is 5. The number of benzene rings is 1. The van der Waals surface area contributed by atoms with Gasteiger partial charge >= 0.3 is 11.9 Å². The van der Waals surface area contributed by atoms with Gasteiger partial charge in [0, 0.05) is 19.0 Å². The number of esters is 2. The SMILES string of the molecule is COC(=O)CCNC(=O)c1ccc(OC(C)=O)cc1. The van der Waals surface area contributed by atoms with Gasteiger partial charge < -0.3 is 14.8 Å². The Kier molecular flexibility index (Phi) is 5.53. The van der Waals surface area contributed by atoms with Crippen molar-refractivity contribution in [3.8, 4) is 5.75 Å². The zero-order chi connectivity index (χ0) is 14.3. The van der Waals surface area contributed by atoms with Crippen molar-refractivity contribution in [2.24, 2.45) is 0 Å². The molecule has 6 nitrogen and oxygen atoms in total. The van der Waals surface area contributed by atoms with E-state index < -0.39 is 5.97 Å². The Morgan fingerprint density at radius 3 is 2.32 bits per heavy atom. The average molecular weight is 265 g/mol. The molecular weight excluding hydrogens is 250 g/mol. The van der Waals surface area contributed by atoms with Gasteiger partial charge in [-0.15, -0.1) is 0 Å². The molecule has 0 aliphatic rings. The molecule has 6 heteroatoms. The van der Waals surface area contributed by atoms with Crippen LogP contribution >= 0.6 is 0 Å². The molecule has 0 unspecified atom stereocenters. The van der Waals surface area contributed by atoms with Crippen LogP contribution in [-0.2, 0) is 14.3 Å². The summed E-state index contributed by atoms with van der Waals surface area (Å²) in [5, 5.41) is 2.58. The van der Waals surface area contributed by atoms with Crippen molar-refractivity contribution in [2.75, 3.05) is 13.7 Å². The van der Waals surface area contributed by atoms with Gasteiger partial charge in [0.05, 0.1) is 13.5 Å². The van der Waals surface area contributed by atoms with E-state index >= 15 is 0 Å². The van der Waals surface area contributed by atoms with Gasteiger partial charge in [0.25, 0.3) is 5.91 Å². The summed E-state index contributed by atoms with van der Waals surface area (Å²) in [5.74, 6) is -0.738. The second-order valence-corrected chi connectivity index (χ2v) is 3.70. The van der Waals surface area contributed by atoms with E-state index in [-0.39, 0.29) is 24.8 Å². The van der Waals surface area contributed by atoms with Crippen LogP contribution in [0.1, 0.15) is 23.7 Å². The fraction of sp³-hybridized carbons (Fsp3) is 0.308. The van der Waals surface area contributed by atoms with Crippen LogP contribution in [0.15, 0.2) is 24.3 Å². The van der Waals surface area contributed by atoms with Crippen molar-refractivity contribution >= 4 is 17.8 Å². The third-order valence-electron chi connectivity index (χ3n) is 2.22. The van der Waals surface area contributed by atoms with Crippen molar-refractivity contribution in [1.82, 2.24) is 5.32 Å². The molecule has 1 aromatic rings. The molecule has 1 rings (SSSR count). The van der Waals surface area contributed by atoms with Gasteiger partial charge in [0.1, 0.15) is 5.75 Å². The zero-order valence-corrected chi connectivity index (χ0v) is 10.8. The number of amides is 1. The highest BCUT2D eigenvalue weighted by Gasteiger charge is 2.07. The number of carbonyl (C=O) groups excluding carboxylic acids is 3. The second kappa shape index (κ2) is 7.15. The van der Waals surface area contributed by atoms with Crippen molar-refractivity contribution in [2.45, 2.75) is 13.3 Å². The Balaban J connectivity index is 2.48. The molecule has 1 N–H and O–H groups in total. The van der Waals surface area contributed by atoms with Crippen LogP contribution in [0.5, 0.6) is 5.75 Å². The van der Waals surface area contributed by atoms with E-state index in [2.05, 4.69) is 10.1 Å². The van der Waals surface area contributed by atoms with Gasteiger partial charge in [-0.1, -0.05) is 0 Å². The molecule has 0 aromatic heterocycles. The van der Waals surface area contributed by atoms with E-state index in [0.29, 0.717) is 11.3 Å². The zero-order valence-electron chi connectivity index (χ0n) is 10.8. The third kappa shape index (κ3) is 5.20. The molecule has 19 heavy (non-hydrogen) atoms. The number of methoxy groups -OCH3 is 1. The molecule has 0 heterocycles. The standard InChI is InChI=1S/C13H15NO5/c1-9(15)19-11-5-3-10(4-6-11)13(17)14-8-7-12(16)18-2/h3-6H,7-8H2,1-2H3,(H,14,17). The predicted molar refractivity (Wildman–Crippen MR) is 66.7 cm³/mol. The first-order valence-corrected chi connectivity index (χ1v) is 5.66. The molecule has 0 saturated heterocycles. The monoisotopic (exact) mass is 265 g/mol. The fourth-order valence-electron chi connectivity index (χ4n) is 1.32. The number of carbonyl (C=O) groups is 3. The maximum absolute atomic E-state index is 11.7. The van der Waals surface area contributed by atoms with Crippen LogP contribution in [0.2, 0.25) is 0 Å². The minimum absolute atomic E-state index is 0.119. The summed E-state index contributed by atoms with van der Waals surface area (Å²) in [6, 6.07) is 6.12. The molecule has 102 valence electrons. The maximum Gasteiger partial charge on any atom is 0.308 e. The molecular formula is C13H15NO5. The molecule has 0 aliphatic heterocycles. The van der Waals surface area contributed by atoms with E-state index in [4.69, 9.17) is 4.74 Å². The van der Waals surface area contributed by atoms with Crippen LogP contribution in [0.3, 0.4) is 0 Å². The third-order valence-corrected chi connectivity index (χ3v) is 2.22. The van der Waals surface area contributed by atoms with E-state index in [1.54, 1.807) is 0 Å². The van der Waals surface area contributed by atoms with Crippen LogP contribution in [-0.4, -0.2) is 31.5 Å². The highest BCUT2D eigenvalue weighted by Crippen LogP contribution is 2.12. The van der Waals surface area contributed by atoms with Crippen LogP contribution in [0.4, 0.5) is 0 Å². The lowest BCUT2D eigenvalue weighted by Crippen LogP contribution is -2.26. The van der Waals surface area contributed by atoms with Crippen LogP contribution < -0.4 is 10.1 Å². The Labute approximate surface area is 110 Å². The van der Waals surface area contributed by atoms with E-state index in [1.807, 2.05) is 0 Å². The quantitative estimate of drug-likeness (QED) is 0.632. The lowest BCUT2D eigenvalue weighted by Gasteiger charge is -2.05. The van der Waals surface area contributed by atoms with Gasteiger partial charge in [0.2, 0.25) is 0 Å². The molecule has 0 spiro atoms. The first kappa shape index (κ1) is 14.7. The minimum atomic E-state index is -0.421. The number of rotatable bonds is 5. The number of ether oxygens (including phenoxy) is 2.